The highest BCUT2D eigenvalue weighted by Crippen LogP contribution is 2.24. The number of hydrogen-bond acceptors (Lipinski definition) is 6. The summed E-state index contributed by atoms with van der Waals surface area (Å²) in [4.78, 5) is 31.9. The van der Waals surface area contributed by atoms with Gasteiger partial charge in [0.1, 0.15) is 23.6 Å². The van der Waals surface area contributed by atoms with Crippen molar-refractivity contribution in [3.05, 3.63) is 66.6 Å². The van der Waals surface area contributed by atoms with E-state index < -0.39 is 0 Å². The predicted molar refractivity (Wildman–Crippen MR) is 112 cm³/mol. The predicted octanol–water partition coefficient (Wildman–Crippen LogP) is 3.83. The molecule has 0 fully saturated rings. The van der Waals surface area contributed by atoms with Gasteiger partial charge in [0.15, 0.2) is 0 Å². The first-order chi connectivity index (χ1) is 14.0. The number of carbonyl (C=O) groups is 2. The summed E-state index contributed by atoms with van der Waals surface area (Å²) >= 11 is 0. The molecule has 29 heavy (non-hydrogen) atoms. The maximum absolute atomic E-state index is 12.6. The number of nitrogens with one attached hydrogen (secondary N) is 3. The number of anilines is 4. The van der Waals surface area contributed by atoms with Crippen molar-refractivity contribution < 1.29 is 14.3 Å². The monoisotopic (exact) mass is 391 g/mol. The van der Waals surface area contributed by atoms with Crippen LogP contribution in [0.4, 0.5) is 22.9 Å². The van der Waals surface area contributed by atoms with E-state index in [1.54, 1.807) is 42.5 Å². The second-order valence-corrected chi connectivity index (χ2v) is 6.06. The van der Waals surface area contributed by atoms with Crippen LogP contribution in [0, 0.1) is 0 Å². The molecule has 0 aliphatic heterocycles. The van der Waals surface area contributed by atoms with Crippen LogP contribution in [-0.2, 0) is 4.79 Å². The normalized spacial score (nSPS) is 10.1. The van der Waals surface area contributed by atoms with Crippen molar-refractivity contribution in [3.63, 3.8) is 0 Å². The lowest BCUT2D eigenvalue weighted by Gasteiger charge is -2.11. The van der Waals surface area contributed by atoms with Crippen LogP contribution in [0.5, 0.6) is 5.75 Å². The van der Waals surface area contributed by atoms with Crippen molar-refractivity contribution in [1.29, 1.82) is 0 Å². The quantitative estimate of drug-likeness (QED) is 0.565. The van der Waals surface area contributed by atoms with Gasteiger partial charge in [0.2, 0.25) is 5.91 Å². The zero-order chi connectivity index (χ0) is 20.6. The molecule has 0 radical (unpaired) electrons. The zero-order valence-electron chi connectivity index (χ0n) is 16.1. The van der Waals surface area contributed by atoms with Crippen LogP contribution in [-0.4, -0.2) is 28.4 Å². The molecule has 0 spiro atoms. The van der Waals surface area contributed by atoms with Crippen LogP contribution in [0.15, 0.2) is 60.9 Å². The molecule has 3 aromatic rings. The number of benzene rings is 2. The maximum Gasteiger partial charge on any atom is 0.274 e. The van der Waals surface area contributed by atoms with Gasteiger partial charge in [-0.1, -0.05) is 12.1 Å². The molecule has 1 aromatic heterocycles. The molecule has 0 aliphatic rings. The van der Waals surface area contributed by atoms with Crippen molar-refractivity contribution in [2.24, 2.45) is 0 Å². The van der Waals surface area contributed by atoms with E-state index in [1.807, 2.05) is 19.1 Å². The molecule has 2 amide bonds. The summed E-state index contributed by atoms with van der Waals surface area (Å²) in [6, 6.07) is 15.9. The van der Waals surface area contributed by atoms with Crippen LogP contribution in [0.2, 0.25) is 0 Å². The molecule has 2 aromatic carbocycles. The SMILES string of the molecule is CCOc1ccccc1NC(=O)c1cc(Nc2ccc(NC(C)=O)cc2)ncn1. The van der Waals surface area contributed by atoms with E-state index >= 15 is 0 Å². The van der Waals surface area contributed by atoms with Crippen molar-refractivity contribution in [2.75, 3.05) is 22.6 Å². The molecule has 8 heteroatoms. The van der Waals surface area contributed by atoms with Crippen LogP contribution >= 0.6 is 0 Å². The highest BCUT2D eigenvalue weighted by Gasteiger charge is 2.12. The smallest absolute Gasteiger partial charge is 0.274 e. The standard InChI is InChI=1S/C21H21N5O3/c1-3-29-19-7-5-4-6-17(19)26-21(28)18-12-20(23-13-22-18)25-16-10-8-15(9-11-16)24-14(2)27/h4-13H,3H2,1-2H3,(H,24,27)(H,26,28)(H,22,23,25). The summed E-state index contributed by atoms with van der Waals surface area (Å²) < 4.78 is 5.52. The van der Waals surface area contributed by atoms with E-state index in [2.05, 4.69) is 25.9 Å². The Labute approximate surface area is 168 Å². The molecule has 148 valence electrons. The van der Waals surface area contributed by atoms with Gasteiger partial charge >= 0.3 is 0 Å². The van der Waals surface area contributed by atoms with Crippen LogP contribution < -0.4 is 20.7 Å². The van der Waals surface area contributed by atoms with Crippen molar-refractivity contribution in [3.8, 4) is 5.75 Å². The lowest BCUT2D eigenvalue weighted by molar-refractivity contribution is -0.114. The number of ether oxygens (including phenoxy) is 1. The van der Waals surface area contributed by atoms with E-state index in [0.29, 0.717) is 29.5 Å². The third kappa shape index (κ3) is 5.52. The molecule has 0 aliphatic carbocycles. The summed E-state index contributed by atoms with van der Waals surface area (Å²) in [6.45, 7) is 3.82. The summed E-state index contributed by atoms with van der Waals surface area (Å²) in [5.74, 6) is 0.553. The Hall–Kier alpha value is -3.94. The van der Waals surface area contributed by atoms with Crippen LogP contribution in [0.25, 0.3) is 0 Å². The summed E-state index contributed by atoms with van der Waals surface area (Å²) in [5, 5.41) is 8.61. The molecular formula is C21H21N5O3. The fourth-order valence-corrected chi connectivity index (χ4v) is 2.58. The van der Waals surface area contributed by atoms with Crippen molar-refractivity contribution >= 4 is 34.7 Å². The summed E-state index contributed by atoms with van der Waals surface area (Å²) in [6.07, 6.45) is 1.32. The van der Waals surface area contributed by atoms with Gasteiger partial charge in [0.25, 0.3) is 5.91 Å². The van der Waals surface area contributed by atoms with Gasteiger partial charge in [-0.3, -0.25) is 9.59 Å². The largest absolute Gasteiger partial charge is 0.492 e. The van der Waals surface area contributed by atoms with Gasteiger partial charge in [-0.2, -0.15) is 0 Å². The van der Waals surface area contributed by atoms with Gasteiger partial charge in [0, 0.05) is 24.4 Å². The topological polar surface area (TPSA) is 105 Å². The van der Waals surface area contributed by atoms with Gasteiger partial charge in [-0.15, -0.1) is 0 Å². The van der Waals surface area contributed by atoms with E-state index in [0.717, 1.165) is 5.69 Å². The number of rotatable bonds is 7. The zero-order valence-corrected chi connectivity index (χ0v) is 16.1. The minimum atomic E-state index is -0.372. The Balaban J connectivity index is 1.70. The maximum atomic E-state index is 12.6. The Bertz CT molecular complexity index is 1010. The first-order valence-electron chi connectivity index (χ1n) is 9.05. The fourth-order valence-electron chi connectivity index (χ4n) is 2.58. The lowest BCUT2D eigenvalue weighted by atomic mass is 10.2. The third-order valence-electron chi connectivity index (χ3n) is 3.81. The second kappa shape index (κ2) is 9.32. The summed E-state index contributed by atoms with van der Waals surface area (Å²) in [7, 11) is 0. The van der Waals surface area contributed by atoms with Gasteiger partial charge < -0.3 is 20.7 Å². The van der Waals surface area contributed by atoms with E-state index in [9.17, 15) is 9.59 Å². The van der Waals surface area contributed by atoms with E-state index in [1.165, 1.54) is 13.3 Å². The van der Waals surface area contributed by atoms with Gasteiger partial charge in [-0.25, -0.2) is 9.97 Å². The molecule has 0 unspecified atom stereocenters. The first-order valence-corrected chi connectivity index (χ1v) is 9.05. The highest BCUT2D eigenvalue weighted by molar-refractivity contribution is 6.04. The molecule has 8 nitrogen and oxygen atoms in total. The third-order valence-corrected chi connectivity index (χ3v) is 3.81. The van der Waals surface area contributed by atoms with E-state index in [-0.39, 0.29) is 17.5 Å². The van der Waals surface area contributed by atoms with Crippen molar-refractivity contribution in [1.82, 2.24) is 9.97 Å². The molecule has 0 atom stereocenters. The van der Waals surface area contributed by atoms with Crippen LogP contribution in [0.3, 0.4) is 0 Å². The Morgan fingerprint density at radius 1 is 0.966 bits per heavy atom. The Morgan fingerprint density at radius 3 is 2.41 bits per heavy atom. The highest BCUT2D eigenvalue weighted by atomic mass is 16.5. The lowest BCUT2D eigenvalue weighted by Crippen LogP contribution is -2.15. The van der Waals surface area contributed by atoms with Gasteiger partial charge in [-0.05, 0) is 43.3 Å². The molecule has 0 bridgehead atoms. The molecule has 0 saturated carbocycles. The summed E-state index contributed by atoms with van der Waals surface area (Å²) in [5.41, 5.74) is 2.23. The number of para-hydroxylation sites is 2. The van der Waals surface area contributed by atoms with E-state index in [4.69, 9.17) is 4.74 Å². The second-order valence-electron chi connectivity index (χ2n) is 6.06. The minimum absolute atomic E-state index is 0.136. The minimum Gasteiger partial charge on any atom is -0.492 e. The average molecular weight is 391 g/mol. The molecular weight excluding hydrogens is 370 g/mol. The average Bonchev–Trinajstić information content (AvgIpc) is 2.71. The Kier molecular flexibility index (Phi) is 6.36. The fraction of sp³-hybridized carbons (Fsp3) is 0.143. The van der Waals surface area contributed by atoms with Crippen LogP contribution in [0.1, 0.15) is 24.3 Å². The molecule has 3 rings (SSSR count). The number of nitrogens with zero attached hydrogens (tertiary/aromatic N) is 2. The number of amides is 2. The molecule has 0 saturated heterocycles. The number of aromatic nitrogens is 2. The van der Waals surface area contributed by atoms with Gasteiger partial charge in [0.05, 0.1) is 12.3 Å². The van der Waals surface area contributed by atoms with Crippen molar-refractivity contribution in [2.45, 2.75) is 13.8 Å². The molecule has 3 N–H and O–H groups in total. The Morgan fingerprint density at radius 2 is 1.69 bits per heavy atom. The first kappa shape index (κ1) is 19.8. The number of hydrogen-bond donors (Lipinski definition) is 3. The number of carbonyl (C=O) groups excluding carboxylic acids is 2. The molecule has 1 heterocycles.